The van der Waals surface area contributed by atoms with Gasteiger partial charge in [-0.25, -0.2) is 10.1 Å². The molecule has 130 valence electrons. The lowest BCUT2D eigenvalue weighted by molar-refractivity contribution is 0.461. The number of aryl methyl sites for hydroxylation is 2. The smallest absolute Gasteiger partial charge is 0.264 e. The van der Waals surface area contributed by atoms with E-state index in [4.69, 9.17) is 21.6 Å². The Morgan fingerprint density at radius 3 is 2.77 bits per heavy atom. The first-order chi connectivity index (χ1) is 12.4. The quantitative estimate of drug-likeness (QED) is 0.760. The van der Waals surface area contributed by atoms with Gasteiger partial charge in [0.15, 0.2) is 0 Å². The monoisotopic (exact) mass is 366 g/mol. The third-order valence-electron chi connectivity index (χ3n) is 3.75. The van der Waals surface area contributed by atoms with E-state index in [1.807, 2.05) is 26.0 Å². The number of nitrogens with zero attached hydrogens (tertiary/aromatic N) is 3. The van der Waals surface area contributed by atoms with Crippen LogP contribution in [0.5, 0.6) is 11.6 Å². The van der Waals surface area contributed by atoms with Crippen LogP contribution in [0.1, 0.15) is 28.1 Å². The summed E-state index contributed by atoms with van der Waals surface area (Å²) in [6, 6.07) is 12.3. The van der Waals surface area contributed by atoms with Crippen molar-refractivity contribution in [2.45, 2.75) is 20.3 Å². The number of rotatable bonds is 4. The summed E-state index contributed by atoms with van der Waals surface area (Å²) in [6.45, 7) is 3.70. The van der Waals surface area contributed by atoms with Gasteiger partial charge in [0.05, 0.1) is 10.7 Å². The Morgan fingerprint density at radius 2 is 2.04 bits per heavy atom. The van der Waals surface area contributed by atoms with E-state index in [0.717, 1.165) is 22.4 Å². The maximum Gasteiger partial charge on any atom is 0.264 e. The van der Waals surface area contributed by atoms with Crippen molar-refractivity contribution in [2.24, 2.45) is 0 Å². The van der Waals surface area contributed by atoms with Crippen LogP contribution in [0.4, 0.5) is 0 Å². The third-order valence-corrected chi connectivity index (χ3v) is 4.06. The first kappa shape index (κ1) is 17.6. The Bertz CT molecular complexity index is 1070. The number of aromatic nitrogens is 3. The second-order valence-electron chi connectivity index (χ2n) is 5.89. The summed E-state index contributed by atoms with van der Waals surface area (Å²) in [5, 5.41) is 16.0. The molecular formula is C19H15ClN4O2. The summed E-state index contributed by atoms with van der Waals surface area (Å²) in [6.07, 6.45) is 0.515. The lowest BCUT2D eigenvalue weighted by atomic mass is 10.1. The molecule has 3 rings (SSSR count). The number of hydrogen-bond donors (Lipinski definition) is 1. The molecule has 0 amide bonds. The van der Waals surface area contributed by atoms with E-state index in [0.29, 0.717) is 23.1 Å². The van der Waals surface area contributed by atoms with E-state index in [2.05, 4.69) is 15.2 Å². The first-order valence-electron chi connectivity index (χ1n) is 7.85. The lowest BCUT2D eigenvalue weighted by Crippen LogP contribution is -2.10. The van der Waals surface area contributed by atoms with Crippen molar-refractivity contribution in [1.82, 2.24) is 15.2 Å². The van der Waals surface area contributed by atoms with E-state index < -0.39 is 0 Å². The van der Waals surface area contributed by atoms with Gasteiger partial charge in [-0.1, -0.05) is 17.7 Å². The highest BCUT2D eigenvalue weighted by Gasteiger charge is 2.10. The molecule has 0 radical (unpaired) electrons. The molecule has 0 saturated heterocycles. The van der Waals surface area contributed by atoms with Gasteiger partial charge in [0.25, 0.3) is 5.56 Å². The number of benzene rings is 1. The van der Waals surface area contributed by atoms with Crippen LogP contribution in [0.25, 0.3) is 0 Å². The van der Waals surface area contributed by atoms with Crippen molar-refractivity contribution in [1.29, 1.82) is 5.26 Å². The Morgan fingerprint density at radius 1 is 1.23 bits per heavy atom. The summed E-state index contributed by atoms with van der Waals surface area (Å²) in [7, 11) is 0. The summed E-state index contributed by atoms with van der Waals surface area (Å²) in [4.78, 5) is 15.4. The fraction of sp³-hybridized carbons (Fsp3) is 0.158. The fourth-order valence-electron chi connectivity index (χ4n) is 2.49. The maximum absolute atomic E-state index is 11.3. The summed E-state index contributed by atoms with van der Waals surface area (Å²) in [5.74, 6) is 0.743. The molecule has 2 heterocycles. The van der Waals surface area contributed by atoms with Gasteiger partial charge in [-0.3, -0.25) is 4.79 Å². The standard InChI is InChI=1S/C19H15ClN4O2/c1-11-5-14(10-21)22-19(6-11)26-17-9-13(3-4-15(17)20)8-16-12(2)7-18(25)24-23-16/h3-7,9H,8H2,1-2H3,(H,24,25). The zero-order valence-electron chi connectivity index (χ0n) is 14.2. The first-order valence-corrected chi connectivity index (χ1v) is 8.22. The van der Waals surface area contributed by atoms with Crippen molar-refractivity contribution in [3.05, 3.63) is 79.9 Å². The molecule has 0 spiro atoms. The van der Waals surface area contributed by atoms with Crippen LogP contribution in [0, 0.1) is 25.2 Å². The lowest BCUT2D eigenvalue weighted by Gasteiger charge is -2.10. The molecule has 0 fully saturated rings. The molecular weight excluding hydrogens is 352 g/mol. The molecule has 0 saturated carbocycles. The number of halogens is 1. The minimum Gasteiger partial charge on any atom is -0.437 e. The Hall–Kier alpha value is -3.17. The SMILES string of the molecule is Cc1cc(C#N)nc(Oc2cc(Cc3n[nH]c(=O)cc3C)ccc2Cl)c1. The largest absolute Gasteiger partial charge is 0.437 e. The van der Waals surface area contributed by atoms with Gasteiger partial charge in [-0.05, 0) is 48.7 Å². The molecule has 0 atom stereocenters. The number of ether oxygens (including phenoxy) is 1. The summed E-state index contributed by atoms with van der Waals surface area (Å²) < 4.78 is 5.79. The molecule has 3 aromatic rings. The summed E-state index contributed by atoms with van der Waals surface area (Å²) >= 11 is 6.23. The minimum absolute atomic E-state index is 0.231. The van der Waals surface area contributed by atoms with Gasteiger partial charge in [-0.2, -0.15) is 10.4 Å². The van der Waals surface area contributed by atoms with E-state index >= 15 is 0 Å². The Balaban J connectivity index is 1.89. The van der Waals surface area contributed by atoms with Crippen LogP contribution in [0.15, 0.2) is 41.2 Å². The molecule has 0 unspecified atom stereocenters. The number of hydrogen-bond acceptors (Lipinski definition) is 5. The molecule has 1 aromatic carbocycles. The van der Waals surface area contributed by atoms with E-state index in [-0.39, 0.29) is 11.3 Å². The maximum atomic E-state index is 11.3. The van der Waals surface area contributed by atoms with Crippen molar-refractivity contribution in [2.75, 3.05) is 0 Å². The molecule has 7 heteroatoms. The Labute approximate surface area is 155 Å². The van der Waals surface area contributed by atoms with Crippen LogP contribution in [-0.2, 0) is 6.42 Å². The second kappa shape index (κ2) is 7.38. The summed E-state index contributed by atoms with van der Waals surface area (Å²) in [5.41, 5.74) is 3.40. The van der Waals surface area contributed by atoms with Crippen LogP contribution in [0.3, 0.4) is 0 Å². The molecule has 0 aliphatic heterocycles. The second-order valence-corrected chi connectivity index (χ2v) is 6.29. The van der Waals surface area contributed by atoms with Crippen LogP contribution in [0.2, 0.25) is 5.02 Å². The molecule has 0 aliphatic carbocycles. The van der Waals surface area contributed by atoms with Gasteiger partial charge in [0, 0.05) is 18.6 Å². The van der Waals surface area contributed by atoms with Gasteiger partial charge in [-0.15, -0.1) is 0 Å². The molecule has 26 heavy (non-hydrogen) atoms. The molecule has 0 aliphatic rings. The predicted octanol–water partition coefficient (Wildman–Crippen LogP) is 3.69. The zero-order valence-corrected chi connectivity index (χ0v) is 15.0. The molecule has 1 N–H and O–H groups in total. The topological polar surface area (TPSA) is 91.7 Å². The van der Waals surface area contributed by atoms with E-state index in [1.165, 1.54) is 6.07 Å². The van der Waals surface area contributed by atoms with Crippen molar-refractivity contribution in [3.63, 3.8) is 0 Å². The normalized spacial score (nSPS) is 10.4. The highest BCUT2D eigenvalue weighted by molar-refractivity contribution is 6.32. The Kier molecular flexibility index (Phi) is 5.01. The van der Waals surface area contributed by atoms with Crippen LogP contribution in [-0.4, -0.2) is 15.2 Å². The van der Waals surface area contributed by atoms with E-state index in [9.17, 15) is 4.79 Å². The fourth-order valence-corrected chi connectivity index (χ4v) is 2.64. The van der Waals surface area contributed by atoms with E-state index in [1.54, 1.807) is 24.3 Å². The molecule has 2 aromatic heterocycles. The van der Waals surface area contributed by atoms with Crippen molar-refractivity contribution in [3.8, 4) is 17.7 Å². The molecule has 6 nitrogen and oxygen atoms in total. The number of nitrogens with one attached hydrogen (secondary N) is 1. The van der Waals surface area contributed by atoms with Gasteiger partial charge in [0.2, 0.25) is 5.88 Å². The number of pyridine rings is 1. The van der Waals surface area contributed by atoms with Crippen LogP contribution >= 0.6 is 11.6 Å². The van der Waals surface area contributed by atoms with Gasteiger partial charge < -0.3 is 4.74 Å². The predicted molar refractivity (Wildman–Crippen MR) is 97.6 cm³/mol. The van der Waals surface area contributed by atoms with Crippen molar-refractivity contribution >= 4 is 11.6 Å². The van der Waals surface area contributed by atoms with Crippen molar-refractivity contribution < 1.29 is 4.74 Å². The minimum atomic E-state index is -0.231. The number of aromatic amines is 1. The number of nitriles is 1. The average molecular weight is 367 g/mol. The molecule has 0 bridgehead atoms. The highest BCUT2D eigenvalue weighted by atomic mass is 35.5. The highest BCUT2D eigenvalue weighted by Crippen LogP contribution is 2.30. The van der Waals surface area contributed by atoms with Gasteiger partial charge in [0.1, 0.15) is 17.5 Å². The van der Waals surface area contributed by atoms with Gasteiger partial charge >= 0.3 is 0 Å². The number of H-pyrrole nitrogens is 1. The zero-order chi connectivity index (χ0) is 18.7. The van der Waals surface area contributed by atoms with Crippen LogP contribution < -0.4 is 10.3 Å². The third kappa shape index (κ3) is 4.08. The average Bonchev–Trinajstić information content (AvgIpc) is 2.59.